The molecule has 0 aromatic heterocycles. The summed E-state index contributed by atoms with van der Waals surface area (Å²) in [5.74, 6) is -1.08. The number of alkyl halides is 7. The molecule has 1 unspecified atom stereocenters. The molecule has 1 aliphatic carbocycles. The third kappa shape index (κ3) is 4.76. The first-order valence-electron chi connectivity index (χ1n) is 10.2. The topological polar surface area (TPSA) is 60.2 Å². The molecule has 0 aliphatic heterocycles. The Balaban J connectivity index is 0.00000432. The molecule has 0 spiro atoms. The fraction of sp³-hybridized carbons (Fsp3) is 0.455. The summed E-state index contributed by atoms with van der Waals surface area (Å²) in [6.07, 6.45) is -12.6. The molecule has 196 valence electrons. The van der Waals surface area contributed by atoms with Crippen LogP contribution in [0.25, 0.3) is 0 Å². The first kappa shape index (κ1) is 29.3. The Bertz CT molecular complexity index is 1120. The fourth-order valence-corrected chi connectivity index (χ4v) is 6.71. The highest BCUT2D eigenvalue weighted by molar-refractivity contribution is 7.92. The maximum atomic E-state index is 14.4. The molecule has 0 radical (unpaired) electrons. The molecule has 0 amide bonds. The zero-order valence-electron chi connectivity index (χ0n) is 18.1. The lowest BCUT2D eigenvalue weighted by atomic mass is 9.75. The minimum Gasteiger partial charge on any atom is -0.327 e. The van der Waals surface area contributed by atoms with Gasteiger partial charge in [-0.15, -0.1) is 12.4 Å². The predicted molar refractivity (Wildman–Crippen MR) is 115 cm³/mol. The zero-order chi connectivity index (χ0) is 25.7. The predicted octanol–water partition coefficient (Wildman–Crippen LogP) is 6.35. The highest BCUT2D eigenvalue weighted by Crippen LogP contribution is 2.54. The molecule has 0 saturated heterocycles. The summed E-state index contributed by atoms with van der Waals surface area (Å²) >= 11 is 0. The number of benzene rings is 2. The minimum absolute atomic E-state index is 0. The van der Waals surface area contributed by atoms with Crippen molar-refractivity contribution in [2.75, 3.05) is 0 Å². The molecule has 1 fully saturated rings. The second-order valence-corrected chi connectivity index (χ2v) is 10.8. The van der Waals surface area contributed by atoms with Gasteiger partial charge in [0.25, 0.3) is 0 Å². The number of sulfone groups is 1. The van der Waals surface area contributed by atoms with Crippen LogP contribution in [0, 0.1) is 11.7 Å². The highest BCUT2D eigenvalue weighted by Gasteiger charge is 2.73. The van der Waals surface area contributed by atoms with E-state index in [9.17, 15) is 43.5 Å². The van der Waals surface area contributed by atoms with Crippen LogP contribution < -0.4 is 5.73 Å². The maximum Gasteiger partial charge on any atom is 0.435 e. The van der Waals surface area contributed by atoms with Crippen LogP contribution in [0.5, 0.6) is 0 Å². The molecule has 0 heterocycles. The van der Waals surface area contributed by atoms with Gasteiger partial charge in [0.2, 0.25) is 0 Å². The van der Waals surface area contributed by atoms with Gasteiger partial charge < -0.3 is 5.73 Å². The molecule has 0 bridgehead atoms. The van der Waals surface area contributed by atoms with Crippen molar-refractivity contribution in [3.63, 3.8) is 0 Å². The van der Waals surface area contributed by atoms with Gasteiger partial charge in [0, 0.05) is 11.6 Å². The van der Waals surface area contributed by atoms with Crippen LogP contribution in [0.2, 0.25) is 0 Å². The van der Waals surface area contributed by atoms with Gasteiger partial charge in [0.15, 0.2) is 9.84 Å². The summed E-state index contributed by atoms with van der Waals surface area (Å²) in [6, 6.07) is 5.66. The lowest BCUT2D eigenvalue weighted by Crippen LogP contribution is -2.50. The Morgan fingerprint density at radius 1 is 0.886 bits per heavy atom. The Kier molecular flexibility index (Phi) is 7.97. The van der Waals surface area contributed by atoms with Crippen LogP contribution in [0.3, 0.4) is 0 Å². The molecule has 3 rings (SSSR count). The van der Waals surface area contributed by atoms with E-state index in [0.29, 0.717) is 12.1 Å². The molecular formula is C22H22ClF8NO2S. The van der Waals surface area contributed by atoms with Gasteiger partial charge in [-0.25, -0.2) is 17.2 Å². The molecule has 2 aromatic carbocycles. The molecular weight excluding hydrogens is 530 g/mol. The highest BCUT2D eigenvalue weighted by atomic mass is 35.5. The van der Waals surface area contributed by atoms with Gasteiger partial charge in [-0.3, -0.25) is 0 Å². The van der Waals surface area contributed by atoms with E-state index >= 15 is 0 Å². The van der Waals surface area contributed by atoms with Crippen molar-refractivity contribution in [1.82, 2.24) is 0 Å². The van der Waals surface area contributed by atoms with E-state index in [1.54, 1.807) is 6.92 Å². The van der Waals surface area contributed by atoms with Crippen molar-refractivity contribution < 1.29 is 43.5 Å². The van der Waals surface area contributed by atoms with E-state index in [-0.39, 0.29) is 54.1 Å². The second kappa shape index (κ2) is 9.51. The van der Waals surface area contributed by atoms with Gasteiger partial charge in [0.05, 0.1) is 4.90 Å². The second-order valence-electron chi connectivity index (χ2n) is 8.57. The molecule has 3 nitrogen and oxygen atoms in total. The van der Waals surface area contributed by atoms with E-state index in [0.717, 1.165) is 36.4 Å². The Morgan fingerprint density at radius 3 is 1.80 bits per heavy atom. The third-order valence-corrected chi connectivity index (χ3v) is 9.02. The van der Waals surface area contributed by atoms with Gasteiger partial charge >= 0.3 is 18.0 Å². The quantitative estimate of drug-likeness (QED) is 0.356. The summed E-state index contributed by atoms with van der Waals surface area (Å²) in [7, 11) is -4.32. The van der Waals surface area contributed by atoms with E-state index in [1.807, 2.05) is 0 Å². The van der Waals surface area contributed by atoms with Crippen LogP contribution in [0.1, 0.15) is 37.3 Å². The van der Waals surface area contributed by atoms with Crippen molar-refractivity contribution in [2.45, 2.75) is 59.9 Å². The van der Waals surface area contributed by atoms with Crippen molar-refractivity contribution >= 4 is 22.2 Å². The van der Waals surface area contributed by atoms with Crippen molar-refractivity contribution in [3.8, 4) is 0 Å². The minimum atomic E-state index is -6.29. The standard InChI is InChI=1S/C22H21F8NO2S.ClH/c1-13-12-19(11-10-18(13)31,34(32,33)17-8-6-16(23)7-9-17)14-2-4-15(5-3-14)20(24,21(25,26)27)22(28,29)30;/h2-9,13,18H,10-12,31H2,1H3;1H/t13-,18?,19-;/m1./s1. The Labute approximate surface area is 203 Å². The molecule has 2 aromatic rings. The van der Waals surface area contributed by atoms with E-state index in [4.69, 9.17) is 5.73 Å². The van der Waals surface area contributed by atoms with Gasteiger partial charge in [-0.1, -0.05) is 31.2 Å². The summed E-state index contributed by atoms with van der Waals surface area (Å²) in [6.45, 7) is 1.67. The van der Waals surface area contributed by atoms with Crippen LogP contribution in [0.4, 0.5) is 35.1 Å². The van der Waals surface area contributed by atoms with Crippen LogP contribution in [-0.2, 0) is 20.3 Å². The Hall–Kier alpha value is -1.92. The number of hydrogen-bond acceptors (Lipinski definition) is 3. The molecule has 2 N–H and O–H groups in total. The summed E-state index contributed by atoms with van der Waals surface area (Å²) in [5, 5.41) is 0. The fourth-order valence-electron chi connectivity index (χ4n) is 4.45. The van der Waals surface area contributed by atoms with Crippen molar-refractivity contribution in [1.29, 1.82) is 0 Å². The average Bonchev–Trinajstić information content (AvgIpc) is 2.74. The largest absolute Gasteiger partial charge is 0.435 e. The monoisotopic (exact) mass is 551 g/mol. The van der Waals surface area contributed by atoms with E-state index < -0.39 is 44.0 Å². The summed E-state index contributed by atoms with van der Waals surface area (Å²) < 4.78 is 132. The summed E-state index contributed by atoms with van der Waals surface area (Å²) in [4.78, 5) is -0.272. The molecule has 35 heavy (non-hydrogen) atoms. The number of halogens is 9. The van der Waals surface area contributed by atoms with Crippen LogP contribution in [0.15, 0.2) is 53.4 Å². The third-order valence-electron chi connectivity index (χ3n) is 6.49. The molecule has 1 saturated carbocycles. The first-order valence-corrected chi connectivity index (χ1v) is 11.6. The Morgan fingerprint density at radius 2 is 1.37 bits per heavy atom. The average molecular weight is 552 g/mol. The number of rotatable bonds is 4. The van der Waals surface area contributed by atoms with Crippen LogP contribution >= 0.6 is 12.4 Å². The lowest BCUT2D eigenvalue weighted by molar-refractivity contribution is -0.348. The van der Waals surface area contributed by atoms with E-state index in [2.05, 4.69) is 0 Å². The zero-order valence-corrected chi connectivity index (χ0v) is 19.8. The van der Waals surface area contributed by atoms with Crippen LogP contribution in [-0.4, -0.2) is 26.8 Å². The van der Waals surface area contributed by atoms with Gasteiger partial charge in [0.1, 0.15) is 10.6 Å². The van der Waals surface area contributed by atoms with Crippen molar-refractivity contribution in [2.24, 2.45) is 11.7 Å². The first-order chi connectivity index (χ1) is 15.5. The maximum absolute atomic E-state index is 14.4. The molecule has 3 atom stereocenters. The van der Waals surface area contributed by atoms with Gasteiger partial charge in [-0.05, 0) is 55.0 Å². The van der Waals surface area contributed by atoms with E-state index in [1.165, 1.54) is 0 Å². The lowest BCUT2D eigenvalue weighted by Gasteiger charge is -2.42. The number of nitrogens with two attached hydrogens (primary N) is 1. The molecule has 1 aliphatic rings. The number of hydrogen-bond donors (Lipinski definition) is 1. The van der Waals surface area contributed by atoms with Gasteiger partial charge in [-0.2, -0.15) is 26.3 Å². The van der Waals surface area contributed by atoms with Crippen molar-refractivity contribution in [3.05, 3.63) is 65.5 Å². The normalized spacial score (nSPS) is 24.1. The SMILES string of the molecule is C[C@@H]1C[C@](c2ccc(C(F)(C(F)(F)F)C(F)(F)F)cc2)(S(=O)(=O)c2ccc(F)cc2)CCC1N.Cl. The summed E-state index contributed by atoms with van der Waals surface area (Å²) in [5.41, 5.74) is -1.45. The smallest absolute Gasteiger partial charge is 0.327 e. The molecule has 13 heteroatoms.